The molecule has 1 aromatic heterocycles. The van der Waals surface area contributed by atoms with E-state index in [4.69, 9.17) is 5.73 Å². The highest BCUT2D eigenvalue weighted by molar-refractivity contribution is 5.76. The normalized spacial score (nSPS) is 12.5. The van der Waals surface area contributed by atoms with Crippen LogP contribution in [0.15, 0.2) is 67.1 Å². The van der Waals surface area contributed by atoms with Crippen molar-refractivity contribution in [3.05, 3.63) is 89.6 Å². The number of carbonyl (C=O) groups excluding carboxylic acids is 1. The van der Waals surface area contributed by atoms with Gasteiger partial charge in [-0.25, -0.2) is 9.97 Å². The fourth-order valence-electron chi connectivity index (χ4n) is 3.58. The lowest BCUT2D eigenvalue weighted by Crippen LogP contribution is -2.29. The number of halogens is 1. The molecule has 0 bridgehead atoms. The van der Waals surface area contributed by atoms with Crippen molar-refractivity contribution < 1.29 is 9.18 Å². The Kier molecular flexibility index (Phi) is 6.68. The van der Waals surface area contributed by atoms with Crippen LogP contribution in [0.3, 0.4) is 0 Å². The fourth-order valence-corrected chi connectivity index (χ4v) is 3.58. The van der Waals surface area contributed by atoms with Crippen molar-refractivity contribution >= 4 is 23.2 Å². The van der Waals surface area contributed by atoms with E-state index in [1.54, 1.807) is 11.9 Å². The molecule has 0 aliphatic carbocycles. The Labute approximate surface area is 191 Å². The lowest BCUT2D eigenvalue weighted by molar-refractivity contribution is -0.117. The Morgan fingerprint density at radius 1 is 1.12 bits per heavy atom. The highest BCUT2D eigenvalue weighted by atomic mass is 19.1. The van der Waals surface area contributed by atoms with Gasteiger partial charge >= 0.3 is 0 Å². The zero-order valence-electron chi connectivity index (χ0n) is 18.3. The van der Waals surface area contributed by atoms with Crippen LogP contribution in [0.25, 0.3) is 0 Å². The maximum Gasteiger partial charge on any atom is 0.221 e. The first-order chi connectivity index (χ1) is 16.0. The van der Waals surface area contributed by atoms with E-state index in [1.807, 2.05) is 65.8 Å². The number of nitrogens with one attached hydrogen (secondary N) is 2. The predicted molar refractivity (Wildman–Crippen MR) is 127 cm³/mol. The van der Waals surface area contributed by atoms with Gasteiger partial charge in [0, 0.05) is 26.3 Å². The molecule has 2 heterocycles. The van der Waals surface area contributed by atoms with Crippen molar-refractivity contribution in [1.29, 1.82) is 0 Å². The summed E-state index contributed by atoms with van der Waals surface area (Å²) < 4.78 is 15.1. The quantitative estimate of drug-likeness (QED) is 0.464. The number of hydrazine groups is 1. The van der Waals surface area contributed by atoms with Crippen LogP contribution in [-0.2, 0) is 24.3 Å². The Morgan fingerprint density at radius 2 is 1.82 bits per heavy atom. The van der Waals surface area contributed by atoms with Gasteiger partial charge in [0.05, 0.1) is 18.7 Å². The second-order valence-corrected chi connectivity index (χ2v) is 7.84. The summed E-state index contributed by atoms with van der Waals surface area (Å²) in [5.41, 5.74) is 12.2. The number of rotatable bonds is 9. The molecule has 0 spiro atoms. The molecule has 2 aromatic carbocycles. The third kappa shape index (κ3) is 5.57. The van der Waals surface area contributed by atoms with E-state index >= 15 is 4.39 Å². The second kappa shape index (κ2) is 9.99. The lowest BCUT2D eigenvalue weighted by atomic mass is 10.1. The Bertz CT molecular complexity index is 1120. The van der Waals surface area contributed by atoms with Crippen LogP contribution < -0.4 is 26.4 Å². The van der Waals surface area contributed by atoms with E-state index < -0.39 is 5.82 Å². The van der Waals surface area contributed by atoms with E-state index in [-0.39, 0.29) is 24.0 Å². The number of nitrogens with two attached hydrogens (primary N) is 1. The second-order valence-electron chi connectivity index (χ2n) is 7.84. The predicted octanol–water partition coefficient (Wildman–Crippen LogP) is 2.73. The van der Waals surface area contributed by atoms with Crippen molar-refractivity contribution in [1.82, 2.24) is 15.4 Å². The number of hydrogen-bond donors (Lipinski definition) is 3. The van der Waals surface area contributed by atoms with Crippen LogP contribution in [0.1, 0.15) is 16.7 Å². The van der Waals surface area contributed by atoms with Crippen molar-refractivity contribution in [2.45, 2.75) is 19.5 Å². The molecule has 1 aliphatic heterocycles. The Hall–Kier alpha value is -4.14. The van der Waals surface area contributed by atoms with Crippen LogP contribution in [0, 0.1) is 5.82 Å². The summed E-state index contributed by atoms with van der Waals surface area (Å²) in [5, 5.41) is 5.05. The van der Waals surface area contributed by atoms with Gasteiger partial charge in [0.25, 0.3) is 0 Å². The minimum atomic E-state index is -0.505. The van der Waals surface area contributed by atoms with E-state index in [0.717, 1.165) is 28.9 Å². The molecule has 33 heavy (non-hydrogen) atoms. The molecule has 0 atom stereocenters. The molecular formula is C24H26FN7O. The number of carbonyl (C=O) groups is 1. The first kappa shape index (κ1) is 22.1. The summed E-state index contributed by atoms with van der Waals surface area (Å²) in [6.07, 6.45) is 5.50. The third-order valence-electron chi connectivity index (χ3n) is 5.30. The molecule has 0 unspecified atom stereocenters. The van der Waals surface area contributed by atoms with Gasteiger partial charge in [-0.1, -0.05) is 36.4 Å². The first-order valence-corrected chi connectivity index (χ1v) is 10.6. The highest BCUT2D eigenvalue weighted by Crippen LogP contribution is 2.23. The SMILES string of the molecule is CN(Cc1ccc(N2CC=CN2)cc1)c1ncnc(NCc2ccc(CC(N)=O)cc2)c1F. The molecule has 4 rings (SSSR count). The number of nitrogens with zero attached hydrogens (tertiary/aromatic N) is 4. The van der Waals surface area contributed by atoms with Gasteiger partial charge in [-0.15, -0.1) is 0 Å². The van der Waals surface area contributed by atoms with E-state index in [2.05, 4.69) is 20.7 Å². The monoisotopic (exact) mass is 447 g/mol. The first-order valence-electron chi connectivity index (χ1n) is 10.6. The number of primary amides is 1. The van der Waals surface area contributed by atoms with Gasteiger partial charge < -0.3 is 21.4 Å². The number of benzene rings is 2. The molecule has 0 radical (unpaired) electrons. The fraction of sp³-hybridized carbons (Fsp3) is 0.208. The van der Waals surface area contributed by atoms with Gasteiger partial charge in [-0.2, -0.15) is 4.39 Å². The van der Waals surface area contributed by atoms with E-state index in [0.29, 0.717) is 13.1 Å². The standard InChI is InChI=1S/C24H26FN7O/c1-31(15-19-7-9-20(10-8-19)32-12-2-11-30-32)24-22(25)23(28-16-29-24)27-14-18-5-3-17(4-6-18)13-21(26)33/h2-11,16,30H,12-15H2,1H3,(H2,26,33)(H,27,28,29). The smallest absolute Gasteiger partial charge is 0.221 e. The van der Waals surface area contributed by atoms with Crippen LogP contribution in [0.2, 0.25) is 0 Å². The largest absolute Gasteiger partial charge is 0.369 e. The topological polar surface area (TPSA) is 99.4 Å². The van der Waals surface area contributed by atoms with Crippen molar-refractivity contribution in [2.24, 2.45) is 5.73 Å². The van der Waals surface area contributed by atoms with Crippen molar-refractivity contribution in [3.8, 4) is 0 Å². The molecule has 1 amide bonds. The Morgan fingerprint density at radius 3 is 2.48 bits per heavy atom. The van der Waals surface area contributed by atoms with E-state index in [9.17, 15) is 4.79 Å². The minimum Gasteiger partial charge on any atom is -0.369 e. The summed E-state index contributed by atoms with van der Waals surface area (Å²) in [5.74, 6) is -0.526. The van der Waals surface area contributed by atoms with Gasteiger partial charge in [0.2, 0.25) is 11.7 Å². The summed E-state index contributed by atoms with van der Waals surface area (Å²) in [7, 11) is 1.80. The van der Waals surface area contributed by atoms with Crippen molar-refractivity contribution in [2.75, 3.05) is 28.8 Å². The molecule has 0 saturated carbocycles. The molecule has 0 fully saturated rings. The summed E-state index contributed by atoms with van der Waals surface area (Å²) in [6.45, 7) is 1.70. The Balaban J connectivity index is 1.38. The maximum absolute atomic E-state index is 15.1. The molecule has 170 valence electrons. The molecular weight excluding hydrogens is 421 g/mol. The van der Waals surface area contributed by atoms with Crippen LogP contribution in [-0.4, -0.2) is 29.5 Å². The number of aromatic nitrogens is 2. The average Bonchev–Trinajstić information content (AvgIpc) is 3.34. The number of hydrogen-bond acceptors (Lipinski definition) is 7. The van der Waals surface area contributed by atoms with Crippen molar-refractivity contribution in [3.63, 3.8) is 0 Å². The zero-order chi connectivity index (χ0) is 23.2. The maximum atomic E-state index is 15.1. The molecule has 8 nitrogen and oxygen atoms in total. The molecule has 4 N–H and O–H groups in total. The molecule has 1 aliphatic rings. The molecule has 3 aromatic rings. The van der Waals surface area contributed by atoms with Crippen LogP contribution in [0.5, 0.6) is 0 Å². The van der Waals surface area contributed by atoms with Gasteiger partial charge in [0.1, 0.15) is 6.33 Å². The number of amides is 1. The van der Waals surface area contributed by atoms with Gasteiger partial charge in [-0.05, 0) is 34.9 Å². The molecule has 0 saturated heterocycles. The minimum absolute atomic E-state index is 0.135. The summed E-state index contributed by atoms with van der Waals surface area (Å²) in [4.78, 5) is 21.0. The van der Waals surface area contributed by atoms with Gasteiger partial charge in [0.15, 0.2) is 11.6 Å². The zero-order valence-corrected chi connectivity index (χ0v) is 18.3. The average molecular weight is 448 g/mol. The highest BCUT2D eigenvalue weighted by Gasteiger charge is 2.15. The molecule has 9 heteroatoms. The van der Waals surface area contributed by atoms with E-state index in [1.165, 1.54) is 6.33 Å². The lowest BCUT2D eigenvalue weighted by Gasteiger charge is -2.21. The van der Waals surface area contributed by atoms with Crippen LogP contribution >= 0.6 is 0 Å². The number of anilines is 3. The van der Waals surface area contributed by atoms with Crippen LogP contribution in [0.4, 0.5) is 21.7 Å². The third-order valence-corrected chi connectivity index (χ3v) is 5.30. The summed E-state index contributed by atoms with van der Waals surface area (Å²) in [6, 6.07) is 15.5. The summed E-state index contributed by atoms with van der Waals surface area (Å²) >= 11 is 0. The van der Waals surface area contributed by atoms with Gasteiger partial charge in [-0.3, -0.25) is 9.80 Å².